The molecule has 0 saturated heterocycles. The van der Waals surface area contributed by atoms with Crippen LogP contribution in [0.1, 0.15) is 13.3 Å². The zero-order valence-corrected chi connectivity index (χ0v) is 14.6. The van der Waals surface area contributed by atoms with Gasteiger partial charge in [-0.25, -0.2) is 0 Å². The molecule has 0 aliphatic rings. The first kappa shape index (κ1) is 17.7. The molecule has 0 saturated carbocycles. The van der Waals surface area contributed by atoms with Crippen LogP contribution in [0.25, 0.3) is 0 Å². The maximum absolute atomic E-state index is 12.2. The third kappa shape index (κ3) is 5.21. The van der Waals surface area contributed by atoms with E-state index in [-0.39, 0.29) is 0 Å². The molecular formula is C12H19BrClN3O2S. The average molecular weight is 385 g/mol. The Morgan fingerprint density at radius 3 is 2.75 bits per heavy atom. The second kappa shape index (κ2) is 8.19. The average Bonchev–Trinajstić information content (AvgIpc) is 2.39. The summed E-state index contributed by atoms with van der Waals surface area (Å²) in [7, 11) is -2.02. The number of benzene rings is 1. The number of anilines is 1. The van der Waals surface area contributed by atoms with Crippen molar-refractivity contribution < 1.29 is 8.42 Å². The summed E-state index contributed by atoms with van der Waals surface area (Å²) in [6, 6.07) is 5.03. The first-order valence-electron chi connectivity index (χ1n) is 6.27. The Bertz CT molecular complexity index is 540. The molecule has 0 aliphatic carbocycles. The van der Waals surface area contributed by atoms with Gasteiger partial charge in [-0.2, -0.15) is 12.7 Å². The molecule has 0 aromatic heterocycles. The molecule has 0 heterocycles. The lowest BCUT2D eigenvalue weighted by Gasteiger charge is -2.19. The number of rotatable bonds is 8. The molecule has 0 unspecified atom stereocenters. The van der Waals surface area contributed by atoms with Crippen molar-refractivity contribution in [2.24, 2.45) is 0 Å². The van der Waals surface area contributed by atoms with Crippen LogP contribution in [0, 0.1) is 0 Å². The minimum Gasteiger partial charge on any atom is -0.317 e. The molecule has 0 atom stereocenters. The Morgan fingerprint density at radius 1 is 1.40 bits per heavy atom. The van der Waals surface area contributed by atoms with E-state index in [1.54, 1.807) is 25.2 Å². The zero-order chi connectivity index (χ0) is 15.2. The van der Waals surface area contributed by atoms with Crippen molar-refractivity contribution in [2.75, 3.05) is 31.4 Å². The van der Waals surface area contributed by atoms with Gasteiger partial charge in [0.1, 0.15) is 0 Å². The highest BCUT2D eigenvalue weighted by atomic mass is 79.9. The van der Waals surface area contributed by atoms with Gasteiger partial charge in [0.15, 0.2) is 0 Å². The Labute approximate surface area is 134 Å². The standard InChI is InChI=1S/C12H19BrClN3O2S/c1-3-15-8-5-9-17(2)20(18,19)16-11-7-4-6-10(14)12(11)13/h4,6-7,15-16H,3,5,8-9H2,1-2H3. The molecule has 1 rings (SSSR count). The van der Waals surface area contributed by atoms with Gasteiger partial charge >= 0.3 is 10.2 Å². The minimum atomic E-state index is -3.57. The summed E-state index contributed by atoms with van der Waals surface area (Å²) in [5.74, 6) is 0. The number of nitrogens with one attached hydrogen (secondary N) is 2. The first-order valence-corrected chi connectivity index (χ1v) is 8.88. The molecule has 1 aromatic carbocycles. The zero-order valence-electron chi connectivity index (χ0n) is 11.5. The molecule has 1 aromatic rings. The van der Waals surface area contributed by atoms with Crippen LogP contribution in [0.2, 0.25) is 5.02 Å². The fourth-order valence-corrected chi connectivity index (χ4v) is 3.17. The van der Waals surface area contributed by atoms with E-state index in [1.165, 1.54) is 4.31 Å². The van der Waals surface area contributed by atoms with Gasteiger partial charge in [-0.15, -0.1) is 0 Å². The molecule has 5 nitrogen and oxygen atoms in total. The number of nitrogens with zero attached hydrogens (tertiary/aromatic N) is 1. The normalized spacial score (nSPS) is 11.8. The number of hydrogen-bond donors (Lipinski definition) is 2. The van der Waals surface area contributed by atoms with E-state index in [1.807, 2.05) is 6.92 Å². The lowest BCUT2D eigenvalue weighted by atomic mass is 10.3. The molecule has 2 N–H and O–H groups in total. The van der Waals surface area contributed by atoms with Crippen molar-refractivity contribution in [2.45, 2.75) is 13.3 Å². The lowest BCUT2D eigenvalue weighted by molar-refractivity contribution is 0.459. The molecule has 0 aliphatic heterocycles. The highest BCUT2D eigenvalue weighted by molar-refractivity contribution is 9.10. The van der Waals surface area contributed by atoms with E-state index in [9.17, 15) is 8.42 Å². The fourth-order valence-electron chi connectivity index (χ4n) is 1.52. The van der Waals surface area contributed by atoms with E-state index < -0.39 is 10.2 Å². The van der Waals surface area contributed by atoms with Crippen molar-refractivity contribution in [3.05, 3.63) is 27.7 Å². The van der Waals surface area contributed by atoms with Gasteiger partial charge < -0.3 is 5.32 Å². The smallest absolute Gasteiger partial charge is 0.301 e. The summed E-state index contributed by atoms with van der Waals surface area (Å²) in [6.45, 7) is 4.13. The van der Waals surface area contributed by atoms with Gasteiger partial charge in [-0.3, -0.25) is 4.72 Å². The second-order valence-electron chi connectivity index (χ2n) is 4.24. The molecule has 114 valence electrons. The van der Waals surface area contributed by atoms with Gasteiger partial charge in [0, 0.05) is 13.6 Å². The first-order chi connectivity index (χ1) is 9.38. The molecule has 0 fully saturated rings. The maximum Gasteiger partial charge on any atom is 0.301 e. The molecule has 0 amide bonds. The summed E-state index contributed by atoms with van der Waals surface area (Å²) in [6.07, 6.45) is 0.752. The predicted octanol–water partition coefficient (Wildman–Crippen LogP) is 2.69. The lowest BCUT2D eigenvalue weighted by Crippen LogP contribution is -2.34. The summed E-state index contributed by atoms with van der Waals surface area (Å²) in [4.78, 5) is 0. The van der Waals surface area contributed by atoms with Crippen molar-refractivity contribution in [3.63, 3.8) is 0 Å². The van der Waals surface area contributed by atoms with Crippen LogP contribution < -0.4 is 10.0 Å². The van der Waals surface area contributed by atoms with Gasteiger partial charge in [0.2, 0.25) is 0 Å². The van der Waals surface area contributed by atoms with E-state index in [2.05, 4.69) is 26.0 Å². The highest BCUT2D eigenvalue weighted by Gasteiger charge is 2.18. The van der Waals surface area contributed by atoms with Crippen LogP contribution >= 0.6 is 27.5 Å². The van der Waals surface area contributed by atoms with Gasteiger partial charge in [-0.1, -0.05) is 24.6 Å². The van der Waals surface area contributed by atoms with E-state index in [0.717, 1.165) is 19.5 Å². The fraction of sp³-hybridized carbons (Fsp3) is 0.500. The topological polar surface area (TPSA) is 61.4 Å². The summed E-state index contributed by atoms with van der Waals surface area (Å²) in [5, 5.41) is 3.61. The maximum atomic E-state index is 12.2. The number of hydrogen-bond acceptors (Lipinski definition) is 3. The van der Waals surface area contributed by atoms with Crippen LogP contribution in [-0.2, 0) is 10.2 Å². The van der Waals surface area contributed by atoms with Gasteiger partial charge in [-0.05, 0) is 47.6 Å². The molecule has 8 heteroatoms. The predicted molar refractivity (Wildman–Crippen MR) is 87.5 cm³/mol. The summed E-state index contributed by atoms with van der Waals surface area (Å²) < 4.78 is 28.7. The van der Waals surface area contributed by atoms with Crippen molar-refractivity contribution >= 4 is 43.4 Å². The minimum absolute atomic E-state index is 0.427. The summed E-state index contributed by atoms with van der Waals surface area (Å²) in [5.41, 5.74) is 0.427. The van der Waals surface area contributed by atoms with Crippen molar-refractivity contribution in [1.82, 2.24) is 9.62 Å². The SMILES string of the molecule is CCNCCCN(C)S(=O)(=O)Nc1cccc(Cl)c1Br. The molecule has 0 bridgehead atoms. The largest absolute Gasteiger partial charge is 0.317 e. The van der Waals surface area contributed by atoms with E-state index in [0.29, 0.717) is 21.7 Å². The van der Waals surface area contributed by atoms with Crippen molar-refractivity contribution in [1.29, 1.82) is 0 Å². The van der Waals surface area contributed by atoms with Crippen molar-refractivity contribution in [3.8, 4) is 0 Å². The van der Waals surface area contributed by atoms with E-state index >= 15 is 0 Å². The van der Waals surface area contributed by atoms with Crippen LogP contribution in [0.5, 0.6) is 0 Å². The second-order valence-corrected chi connectivity index (χ2v) is 7.21. The third-order valence-electron chi connectivity index (χ3n) is 2.68. The van der Waals surface area contributed by atoms with Crippen LogP contribution in [0.3, 0.4) is 0 Å². The van der Waals surface area contributed by atoms with Crippen LogP contribution in [-0.4, -0.2) is 39.4 Å². The highest BCUT2D eigenvalue weighted by Crippen LogP contribution is 2.30. The Morgan fingerprint density at radius 2 is 2.10 bits per heavy atom. The molecular weight excluding hydrogens is 366 g/mol. The molecule has 0 radical (unpaired) electrons. The Kier molecular flexibility index (Phi) is 7.25. The molecule has 20 heavy (non-hydrogen) atoms. The van der Waals surface area contributed by atoms with Crippen LogP contribution in [0.4, 0.5) is 5.69 Å². The van der Waals surface area contributed by atoms with Gasteiger partial charge in [0.25, 0.3) is 0 Å². The number of halogens is 2. The monoisotopic (exact) mass is 383 g/mol. The Hall–Kier alpha value is -0.340. The third-order valence-corrected chi connectivity index (χ3v) is 5.56. The van der Waals surface area contributed by atoms with E-state index in [4.69, 9.17) is 11.6 Å². The van der Waals surface area contributed by atoms with Gasteiger partial charge in [0.05, 0.1) is 15.2 Å². The quantitative estimate of drug-likeness (QED) is 0.677. The summed E-state index contributed by atoms with van der Waals surface area (Å²) >= 11 is 9.20. The van der Waals surface area contributed by atoms with Crippen LogP contribution in [0.15, 0.2) is 22.7 Å². The Balaban J connectivity index is 2.67. The molecule has 0 spiro atoms.